The van der Waals surface area contributed by atoms with Crippen LogP contribution in [0.5, 0.6) is 0 Å². The Morgan fingerprint density at radius 2 is 0.692 bits per heavy atom. The second-order valence-corrected chi connectivity index (χ2v) is 13.4. The van der Waals surface area contributed by atoms with Crippen molar-refractivity contribution in [1.82, 2.24) is 9.13 Å². The molecule has 0 atom stereocenters. The van der Waals surface area contributed by atoms with Crippen molar-refractivity contribution in [1.29, 1.82) is 0 Å². The Labute approximate surface area is 302 Å². The normalized spacial score (nSPS) is 11.8. The highest BCUT2D eigenvalue weighted by molar-refractivity contribution is 6.11. The Kier molecular flexibility index (Phi) is 7.18. The van der Waals surface area contributed by atoms with Crippen molar-refractivity contribution in [3.05, 3.63) is 205 Å². The van der Waals surface area contributed by atoms with Crippen LogP contribution in [0.25, 0.3) is 89.4 Å². The fraction of sp³-hybridized carbons (Fsp3) is 0. The first-order valence-corrected chi connectivity index (χ1v) is 17.8. The highest BCUT2D eigenvalue weighted by Gasteiger charge is 2.14. The third-order valence-corrected chi connectivity index (χ3v) is 10.3. The van der Waals surface area contributed by atoms with E-state index < -0.39 is 0 Å². The molecule has 0 amide bonds. The van der Waals surface area contributed by atoms with Crippen molar-refractivity contribution >= 4 is 55.8 Å². The van der Waals surface area contributed by atoms with Crippen LogP contribution < -0.4 is 0 Å². The molecule has 0 saturated carbocycles. The Bertz CT molecular complexity index is 2870. The predicted molar refractivity (Wildman–Crippen MR) is 221 cm³/mol. The molecule has 0 spiro atoms. The van der Waals surface area contributed by atoms with Crippen LogP contribution in [0.15, 0.2) is 194 Å². The summed E-state index contributed by atoms with van der Waals surface area (Å²) in [5.74, 6) is 0. The van der Waals surface area contributed by atoms with Gasteiger partial charge in [-0.05, 0) is 88.0 Å². The molecule has 0 bridgehead atoms. The average molecular weight is 663 g/mol. The second kappa shape index (κ2) is 12.5. The Balaban J connectivity index is 0.899. The summed E-state index contributed by atoms with van der Waals surface area (Å²) >= 11 is 0. The summed E-state index contributed by atoms with van der Waals surface area (Å²) in [4.78, 5) is 0. The Morgan fingerprint density at radius 1 is 0.269 bits per heavy atom. The van der Waals surface area contributed by atoms with Crippen molar-refractivity contribution in [2.75, 3.05) is 0 Å². The van der Waals surface area contributed by atoms with Crippen molar-refractivity contribution in [2.45, 2.75) is 0 Å². The largest absolute Gasteiger partial charge is 0.309 e. The standard InChI is InChI=1S/C50H34N2/c1-2-12-41(13-3-1)51-49-20-9-6-17-45(49)46-34-40(31-32-50(46)51)38-29-25-36(26-30-38)22-21-35-23-27-37(28-24-35)39-11-10-14-42(33-39)52-47-18-7-4-15-43(47)44-16-5-8-19-48(44)52/h1-34H. The van der Waals surface area contributed by atoms with Crippen molar-refractivity contribution in [3.8, 4) is 33.6 Å². The zero-order valence-corrected chi connectivity index (χ0v) is 28.5. The summed E-state index contributed by atoms with van der Waals surface area (Å²) < 4.78 is 4.73. The van der Waals surface area contributed by atoms with E-state index >= 15 is 0 Å². The summed E-state index contributed by atoms with van der Waals surface area (Å²) in [7, 11) is 0. The summed E-state index contributed by atoms with van der Waals surface area (Å²) in [5.41, 5.74) is 14.4. The minimum Gasteiger partial charge on any atom is -0.309 e. The van der Waals surface area contributed by atoms with E-state index in [0.717, 1.165) is 0 Å². The van der Waals surface area contributed by atoms with Crippen LogP contribution in [-0.2, 0) is 0 Å². The minimum atomic E-state index is 1.17. The second-order valence-electron chi connectivity index (χ2n) is 13.4. The number of hydrogen-bond donors (Lipinski definition) is 0. The molecule has 2 aromatic heterocycles. The fourth-order valence-corrected chi connectivity index (χ4v) is 7.80. The number of para-hydroxylation sites is 4. The monoisotopic (exact) mass is 662 g/mol. The van der Waals surface area contributed by atoms with Crippen LogP contribution in [0.4, 0.5) is 0 Å². The van der Waals surface area contributed by atoms with Gasteiger partial charge in [-0.2, -0.15) is 0 Å². The van der Waals surface area contributed by atoms with Crippen LogP contribution in [0, 0.1) is 0 Å². The van der Waals surface area contributed by atoms with Crippen LogP contribution in [0.3, 0.4) is 0 Å². The number of benzene rings is 8. The fourth-order valence-electron chi connectivity index (χ4n) is 7.80. The van der Waals surface area contributed by atoms with Gasteiger partial charge < -0.3 is 9.13 Å². The molecule has 0 unspecified atom stereocenters. The van der Waals surface area contributed by atoms with E-state index in [1.807, 2.05) is 0 Å². The SMILES string of the molecule is C(=Cc1ccc(-c2ccc3c(c2)c2ccccc2n3-c2ccccc2)cc1)c1ccc(-c2cccc(-n3c4ccccc4c4ccccc43)c2)cc1. The highest BCUT2D eigenvalue weighted by Crippen LogP contribution is 2.36. The van der Waals surface area contributed by atoms with Gasteiger partial charge in [-0.15, -0.1) is 0 Å². The predicted octanol–water partition coefficient (Wildman–Crippen LogP) is 13.4. The van der Waals surface area contributed by atoms with Gasteiger partial charge >= 0.3 is 0 Å². The van der Waals surface area contributed by atoms with Gasteiger partial charge in [-0.3, -0.25) is 0 Å². The van der Waals surface area contributed by atoms with E-state index in [1.54, 1.807) is 0 Å². The van der Waals surface area contributed by atoms with Crippen LogP contribution >= 0.6 is 0 Å². The minimum absolute atomic E-state index is 1.17. The summed E-state index contributed by atoms with van der Waals surface area (Å²) in [6.07, 6.45) is 4.39. The molecule has 52 heavy (non-hydrogen) atoms. The molecule has 2 nitrogen and oxygen atoms in total. The van der Waals surface area contributed by atoms with E-state index in [-0.39, 0.29) is 0 Å². The summed E-state index contributed by atoms with van der Waals surface area (Å²) in [5, 5.41) is 5.09. The lowest BCUT2D eigenvalue weighted by Gasteiger charge is -2.10. The molecule has 0 N–H and O–H groups in total. The first-order valence-electron chi connectivity index (χ1n) is 17.8. The molecular weight excluding hydrogens is 629 g/mol. The summed E-state index contributed by atoms with van der Waals surface area (Å²) in [6, 6.07) is 70.0. The Morgan fingerprint density at radius 3 is 1.27 bits per heavy atom. The van der Waals surface area contributed by atoms with Gasteiger partial charge in [-0.25, -0.2) is 0 Å². The smallest absolute Gasteiger partial charge is 0.0541 e. The molecule has 0 aliphatic carbocycles. The van der Waals surface area contributed by atoms with E-state index in [9.17, 15) is 0 Å². The van der Waals surface area contributed by atoms with Gasteiger partial charge in [0.15, 0.2) is 0 Å². The Hall–Kier alpha value is -6.90. The maximum atomic E-state index is 2.37. The number of hydrogen-bond acceptors (Lipinski definition) is 0. The quantitative estimate of drug-likeness (QED) is 0.157. The lowest BCUT2D eigenvalue weighted by atomic mass is 10.0. The van der Waals surface area contributed by atoms with Crippen LogP contribution in [0.1, 0.15) is 11.1 Å². The molecule has 10 rings (SSSR count). The zero-order valence-electron chi connectivity index (χ0n) is 28.5. The molecule has 2 heteroatoms. The van der Waals surface area contributed by atoms with Gasteiger partial charge in [-0.1, -0.05) is 152 Å². The van der Waals surface area contributed by atoms with E-state index in [4.69, 9.17) is 0 Å². The third kappa shape index (κ3) is 5.12. The highest BCUT2D eigenvalue weighted by atomic mass is 15.0. The van der Waals surface area contributed by atoms with E-state index in [1.165, 1.54) is 88.4 Å². The topological polar surface area (TPSA) is 9.86 Å². The molecule has 2 heterocycles. The first-order chi connectivity index (χ1) is 25.8. The van der Waals surface area contributed by atoms with Crippen molar-refractivity contribution in [2.24, 2.45) is 0 Å². The van der Waals surface area contributed by atoms with Gasteiger partial charge in [0.25, 0.3) is 0 Å². The van der Waals surface area contributed by atoms with Gasteiger partial charge in [0.05, 0.1) is 22.1 Å². The number of rotatable bonds is 6. The van der Waals surface area contributed by atoms with Gasteiger partial charge in [0.2, 0.25) is 0 Å². The molecule has 244 valence electrons. The third-order valence-electron chi connectivity index (χ3n) is 10.3. The van der Waals surface area contributed by atoms with E-state index in [0.29, 0.717) is 0 Å². The van der Waals surface area contributed by atoms with Crippen molar-refractivity contribution in [3.63, 3.8) is 0 Å². The molecule has 0 radical (unpaired) electrons. The maximum Gasteiger partial charge on any atom is 0.0541 e. The number of aromatic nitrogens is 2. The molecular formula is C50H34N2. The molecule has 0 aliphatic rings. The number of nitrogens with zero attached hydrogens (tertiary/aromatic N) is 2. The molecule has 10 aromatic rings. The first kappa shape index (κ1) is 30.0. The van der Waals surface area contributed by atoms with Gasteiger partial charge in [0, 0.05) is 32.9 Å². The summed E-state index contributed by atoms with van der Waals surface area (Å²) in [6.45, 7) is 0. The van der Waals surface area contributed by atoms with E-state index in [2.05, 4.69) is 215 Å². The average Bonchev–Trinajstić information content (AvgIpc) is 3.74. The lowest BCUT2D eigenvalue weighted by molar-refractivity contribution is 1.18. The van der Waals surface area contributed by atoms with Crippen molar-refractivity contribution < 1.29 is 0 Å². The molecule has 8 aromatic carbocycles. The molecule has 0 fully saturated rings. The maximum absolute atomic E-state index is 2.37. The lowest BCUT2D eigenvalue weighted by Crippen LogP contribution is -1.94. The number of fused-ring (bicyclic) bond motifs is 6. The molecule has 0 aliphatic heterocycles. The van der Waals surface area contributed by atoms with Crippen LogP contribution in [-0.4, -0.2) is 9.13 Å². The zero-order chi connectivity index (χ0) is 34.4. The van der Waals surface area contributed by atoms with Gasteiger partial charge in [0.1, 0.15) is 0 Å². The van der Waals surface area contributed by atoms with Crippen LogP contribution in [0.2, 0.25) is 0 Å². The molecule has 0 saturated heterocycles.